The summed E-state index contributed by atoms with van der Waals surface area (Å²) in [5.41, 5.74) is 1.79. The first-order chi connectivity index (χ1) is 14.5. The molecule has 0 aliphatic carbocycles. The first-order valence-corrected chi connectivity index (χ1v) is 9.58. The number of fused-ring (bicyclic) bond motifs is 1. The molecule has 3 N–H and O–H groups in total. The van der Waals surface area contributed by atoms with Crippen LogP contribution >= 0.6 is 0 Å². The van der Waals surface area contributed by atoms with Gasteiger partial charge < -0.3 is 19.9 Å². The number of aromatic nitrogens is 2. The number of hydrogen-bond acceptors (Lipinski definition) is 6. The predicted molar refractivity (Wildman–Crippen MR) is 112 cm³/mol. The highest BCUT2D eigenvalue weighted by atomic mass is 16.5. The minimum Gasteiger partial charge on any atom is -0.494 e. The highest BCUT2D eigenvalue weighted by Crippen LogP contribution is 2.38. The summed E-state index contributed by atoms with van der Waals surface area (Å²) < 4.78 is 11.9. The summed E-state index contributed by atoms with van der Waals surface area (Å²) in [5, 5.41) is 14.4. The van der Waals surface area contributed by atoms with Crippen molar-refractivity contribution >= 4 is 0 Å². The Morgan fingerprint density at radius 2 is 1.80 bits per heavy atom. The molecule has 0 saturated heterocycles. The average molecular weight is 409 g/mol. The Morgan fingerprint density at radius 3 is 2.50 bits per heavy atom. The number of aromatic amines is 1. The van der Waals surface area contributed by atoms with E-state index in [0.717, 1.165) is 27.7 Å². The molecule has 0 saturated carbocycles. The monoisotopic (exact) mass is 409 g/mol. The third-order valence-electron chi connectivity index (χ3n) is 5.47. The molecule has 2 heterocycles. The Morgan fingerprint density at radius 1 is 1.10 bits per heavy atom. The smallest absolute Gasteiger partial charge is 0.335 e. The first kappa shape index (κ1) is 19.8. The molecule has 0 radical (unpaired) electrons. The van der Waals surface area contributed by atoms with Gasteiger partial charge in [-0.3, -0.25) is 9.78 Å². The number of benzene rings is 2. The number of aryl methyl sites for hydroxylation is 1. The quantitative estimate of drug-likeness (QED) is 0.607. The van der Waals surface area contributed by atoms with E-state index in [4.69, 9.17) is 9.47 Å². The van der Waals surface area contributed by atoms with E-state index < -0.39 is 23.2 Å². The van der Waals surface area contributed by atoms with E-state index in [0.29, 0.717) is 23.7 Å². The van der Waals surface area contributed by atoms with Crippen LogP contribution in [0.4, 0.5) is 0 Å². The van der Waals surface area contributed by atoms with Gasteiger partial charge in [0.15, 0.2) is 11.5 Å². The predicted octanol–water partition coefficient (Wildman–Crippen LogP) is 1.79. The third kappa shape index (κ3) is 3.15. The Hall–Kier alpha value is -3.52. The second kappa shape index (κ2) is 7.72. The molecule has 2 aromatic carbocycles. The van der Waals surface area contributed by atoms with Crippen LogP contribution in [0.15, 0.2) is 46.0 Å². The lowest BCUT2D eigenvalue weighted by molar-refractivity contribution is 0.352. The van der Waals surface area contributed by atoms with Crippen molar-refractivity contribution in [2.24, 2.45) is 0 Å². The maximum atomic E-state index is 12.8. The molecule has 0 fully saturated rings. The number of rotatable bonds is 4. The maximum Gasteiger partial charge on any atom is 0.335 e. The van der Waals surface area contributed by atoms with Crippen LogP contribution in [-0.2, 0) is 6.42 Å². The molecule has 0 amide bonds. The van der Waals surface area contributed by atoms with Crippen LogP contribution in [0.2, 0.25) is 0 Å². The van der Waals surface area contributed by atoms with E-state index in [1.165, 1.54) is 7.11 Å². The summed E-state index contributed by atoms with van der Waals surface area (Å²) in [4.78, 5) is 27.7. The minimum atomic E-state index is -0.695. The Bertz CT molecular complexity index is 1230. The van der Waals surface area contributed by atoms with E-state index in [-0.39, 0.29) is 5.56 Å². The van der Waals surface area contributed by atoms with Crippen molar-refractivity contribution in [3.63, 3.8) is 0 Å². The summed E-state index contributed by atoms with van der Waals surface area (Å²) in [6, 6.07) is 10.2. The highest BCUT2D eigenvalue weighted by molar-refractivity contribution is 5.53. The van der Waals surface area contributed by atoms with Crippen LogP contribution in [0.5, 0.6) is 17.4 Å². The van der Waals surface area contributed by atoms with Gasteiger partial charge in [-0.15, -0.1) is 0 Å². The average Bonchev–Trinajstić information content (AvgIpc) is 2.73. The molecule has 8 heteroatoms. The Labute approximate surface area is 172 Å². The van der Waals surface area contributed by atoms with E-state index in [2.05, 4.69) is 10.3 Å². The molecule has 0 bridgehead atoms. The van der Waals surface area contributed by atoms with Crippen LogP contribution in [-0.4, -0.2) is 35.4 Å². The lowest BCUT2D eigenvalue weighted by Crippen LogP contribution is -2.38. The molecule has 1 atom stereocenters. The number of hydrogen-bond donors (Lipinski definition) is 3. The van der Waals surface area contributed by atoms with Crippen molar-refractivity contribution in [2.75, 3.05) is 20.8 Å². The first-order valence-electron chi connectivity index (χ1n) is 9.58. The van der Waals surface area contributed by atoms with Gasteiger partial charge in [-0.05, 0) is 48.2 Å². The lowest BCUT2D eigenvalue weighted by Gasteiger charge is -2.28. The lowest BCUT2D eigenvalue weighted by atomic mass is 9.90. The molecule has 0 spiro atoms. The number of aromatic hydroxyl groups is 1. The van der Waals surface area contributed by atoms with E-state index in [9.17, 15) is 14.7 Å². The number of ether oxygens (including phenoxy) is 2. The van der Waals surface area contributed by atoms with E-state index >= 15 is 0 Å². The molecule has 1 aliphatic heterocycles. The van der Waals surface area contributed by atoms with Gasteiger partial charge >= 0.3 is 5.69 Å². The largest absolute Gasteiger partial charge is 0.494 e. The van der Waals surface area contributed by atoms with Gasteiger partial charge in [-0.1, -0.05) is 18.2 Å². The topological polar surface area (TPSA) is 106 Å². The van der Waals surface area contributed by atoms with Crippen LogP contribution in [0.3, 0.4) is 0 Å². The van der Waals surface area contributed by atoms with Crippen molar-refractivity contribution in [3.8, 4) is 23.1 Å². The van der Waals surface area contributed by atoms with Gasteiger partial charge in [0, 0.05) is 6.54 Å². The number of H-pyrrole nitrogens is 1. The second-order valence-corrected chi connectivity index (χ2v) is 7.16. The van der Waals surface area contributed by atoms with Gasteiger partial charge in [0.1, 0.15) is 0 Å². The van der Waals surface area contributed by atoms with Crippen molar-refractivity contribution in [3.05, 3.63) is 79.5 Å². The third-order valence-corrected chi connectivity index (χ3v) is 5.47. The molecule has 1 aliphatic rings. The highest BCUT2D eigenvalue weighted by Gasteiger charge is 2.30. The number of nitrogens with one attached hydrogen (secondary N) is 2. The Balaban J connectivity index is 1.96. The fourth-order valence-corrected chi connectivity index (χ4v) is 3.98. The molecule has 4 rings (SSSR count). The molecular formula is C22H23N3O5. The summed E-state index contributed by atoms with van der Waals surface area (Å²) in [7, 11) is 3.11. The van der Waals surface area contributed by atoms with Crippen LogP contribution in [0.25, 0.3) is 5.69 Å². The van der Waals surface area contributed by atoms with Crippen LogP contribution in [0.1, 0.15) is 28.3 Å². The summed E-state index contributed by atoms with van der Waals surface area (Å²) in [5.74, 6) is 0.728. The van der Waals surface area contributed by atoms with Crippen molar-refractivity contribution in [1.29, 1.82) is 0 Å². The zero-order valence-corrected chi connectivity index (χ0v) is 17.0. The van der Waals surface area contributed by atoms with Crippen LogP contribution in [0, 0.1) is 6.92 Å². The molecule has 8 nitrogen and oxygen atoms in total. The molecule has 3 aromatic rings. The molecule has 1 aromatic heterocycles. The van der Waals surface area contributed by atoms with Gasteiger partial charge in [-0.25, -0.2) is 9.36 Å². The number of methoxy groups -OCH3 is 2. The van der Waals surface area contributed by atoms with E-state index in [1.807, 2.05) is 25.1 Å². The summed E-state index contributed by atoms with van der Waals surface area (Å²) in [6.45, 7) is 2.42. The van der Waals surface area contributed by atoms with Crippen molar-refractivity contribution in [2.45, 2.75) is 19.4 Å². The second-order valence-electron chi connectivity index (χ2n) is 7.16. The number of para-hydroxylation sites is 1. The maximum absolute atomic E-state index is 12.8. The molecule has 156 valence electrons. The molecule has 30 heavy (non-hydrogen) atoms. The fraction of sp³-hybridized carbons (Fsp3) is 0.273. The standard InChI is InChI=1S/C22H23N3O5/c1-12-6-4-5-7-15(12)25-21(27)18(20(26)24-22(25)28)19-14-11-17(30-3)16(29-2)10-13(14)8-9-23-19/h4-7,10-11,19,23,27H,8-9H2,1-3H3,(H,24,26,28)/t19-/m0/s1. The Kier molecular flexibility index (Phi) is 5.09. The fourth-order valence-electron chi connectivity index (χ4n) is 3.98. The minimum absolute atomic E-state index is 0.0750. The van der Waals surface area contributed by atoms with Crippen molar-refractivity contribution in [1.82, 2.24) is 14.9 Å². The van der Waals surface area contributed by atoms with Gasteiger partial charge in [-0.2, -0.15) is 0 Å². The normalized spacial score (nSPS) is 15.5. The number of nitrogens with zero attached hydrogens (tertiary/aromatic N) is 1. The molecule has 0 unspecified atom stereocenters. The van der Waals surface area contributed by atoms with Gasteiger partial charge in [0.25, 0.3) is 5.56 Å². The van der Waals surface area contributed by atoms with Gasteiger partial charge in [0.05, 0.1) is 31.5 Å². The van der Waals surface area contributed by atoms with Crippen molar-refractivity contribution < 1.29 is 14.6 Å². The van der Waals surface area contributed by atoms with Gasteiger partial charge in [0.2, 0.25) is 5.88 Å². The zero-order valence-electron chi connectivity index (χ0n) is 17.0. The molecular weight excluding hydrogens is 386 g/mol. The van der Waals surface area contributed by atoms with Crippen LogP contribution < -0.4 is 26.0 Å². The van der Waals surface area contributed by atoms with E-state index in [1.54, 1.807) is 25.3 Å². The summed E-state index contributed by atoms with van der Waals surface area (Å²) in [6.07, 6.45) is 0.724. The zero-order chi connectivity index (χ0) is 21.4. The summed E-state index contributed by atoms with van der Waals surface area (Å²) >= 11 is 0. The SMILES string of the molecule is COc1cc2c(cc1OC)[C@@H](c1c(O)n(-c3ccccc3C)c(=O)[nH]c1=O)NCC2.